The number of nitrogen functional groups attached to an aromatic ring is 1. The lowest BCUT2D eigenvalue weighted by molar-refractivity contribution is -0.114. The van der Waals surface area contributed by atoms with E-state index in [4.69, 9.17) is 15.5 Å². The quantitative estimate of drug-likeness (QED) is 0.323. The van der Waals surface area contributed by atoms with Gasteiger partial charge in [0.1, 0.15) is 11.5 Å². The third kappa shape index (κ3) is 4.46. The fourth-order valence-electron chi connectivity index (χ4n) is 4.37. The van der Waals surface area contributed by atoms with Gasteiger partial charge in [0, 0.05) is 31.9 Å². The molecule has 32 heavy (non-hydrogen) atoms. The molecule has 0 saturated carbocycles. The zero-order chi connectivity index (χ0) is 22.7. The van der Waals surface area contributed by atoms with Crippen LogP contribution in [0.15, 0.2) is 23.3 Å². The molecule has 4 heterocycles. The molecule has 0 bridgehead atoms. The van der Waals surface area contributed by atoms with Gasteiger partial charge in [0.15, 0.2) is 5.82 Å². The van der Waals surface area contributed by atoms with E-state index in [0.717, 1.165) is 50.9 Å². The van der Waals surface area contributed by atoms with Gasteiger partial charge in [-0.2, -0.15) is 10.1 Å². The number of piperidine rings is 1. The number of hydrogen-bond acceptors (Lipinski definition) is 6. The standard InChI is InChI=1S/C23H29N7O2/c1-16-13-23(14-32-16)8-11-30(12-9-23)22(29(3)15-31)26-21-17(2)19(27-28-21)7-6-18-5-4-10-25-20(18)24/h4-5,10,15-16H,8-9,11-14H2,1-3H3,(H2,24,25)(H,27,28)/b26-22+/t16-/m0/s1. The highest BCUT2D eigenvalue weighted by Crippen LogP contribution is 2.42. The normalized spacial score (nSPS) is 20.2. The van der Waals surface area contributed by atoms with E-state index in [1.54, 1.807) is 19.3 Å². The highest BCUT2D eigenvalue weighted by Gasteiger charge is 2.41. The summed E-state index contributed by atoms with van der Waals surface area (Å²) in [5, 5.41) is 7.25. The van der Waals surface area contributed by atoms with Gasteiger partial charge in [0.25, 0.3) is 0 Å². The van der Waals surface area contributed by atoms with Crippen molar-refractivity contribution >= 4 is 24.0 Å². The number of ether oxygens (including phenoxy) is 1. The molecular weight excluding hydrogens is 406 g/mol. The van der Waals surface area contributed by atoms with Crippen LogP contribution >= 0.6 is 0 Å². The van der Waals surface area contributed by atoms with Gasteiger partial charge in [-0.05, 0) is 56.6 Å². The maximum Gasteiger partial charge on any atom is 0.216 e. The molecule has 2 aliphatic rings. The summed E-state index contributed by atoms with van der Waals surface area (Å²) in [6.45, 7) is 6.51. The number of anilines is 1. The summed E-state index contributed by atoms with van der Waals surface area (Å²) in [4.78, 5) is 24.1. The average molecular weight is 436 g/mol. The van der Waals surface area contributed by atoms with E-state index >= 15 is 0 Å². The summed E-state index contributed by atoms with van der Waals surface area (Å²) < 4.78 is 5.83. The van der Waals surface area contributed by atoms with Gasteiger partial charge in [0.05, 0.1) is 18.3 Å². The maximum absolute atomic E-state index is 11.6. The minimum Gasteiger partial charge on any atom is -0.383 e. The second kappa shape index (κ2) is 9.01. The largest absolute Gasteiger partial charge is 0.383 e. The number of nitrogens with one attached hydrogen (secondary N) is 1. The average Bonchev–Trinajstić information content (AvgIpc) is 3.33. The molecule has 2 aliphatic heterocycles. The molecule has 0 unspecified atom stereocenters. The lowest BCUT2D eigenvalue weighted by Gasteiger charge is -2.40. The van der Waals surface area contributed by atoms with Gasteiger partial charge < -0.3 is 15.4 Å². The monoisotopic (exact) mass is 435 g/mol. The van der Waals surface area contributed by atoms with Crippen LogP contribution in [-0.2, 0) is 9.53 Å². The third-order valence-corrected chi connectivity index (χ3v) is 6.32. The Bertz CT molecular complexity index is 1070. The van der Waals surface area contributed by atoms with Crippen molar-refractivity contribution in [3.05, 3.63) is 35.2 Å². The Morgan fingerprint density at radius 2 is 2.22 bits per heavy atom. The Hall–Kier alpha value is -3.38. The Labute approximate surface area is 188 Å². The Balaban J connectivity index is 1.55. The molecule has 1 atom stereocenters. The minimum atomic E-state index is 0.252. The number of amides is 1. The predicted molar refractivity (Wildman–Crippen MR) is 122 cm³/mol. The molecule has 2 aromatic rings. The number of aromatic amines is 1. The van der Waals surface area contributed by atoms with Crippen molar-refractivity contribution in [2.45, 2.75) is 39.2 Å². The smallest absolute Gasteiger partial charge is 0.216 e. The van der Waals surface area contributed by atoms with Crippen molar-refractivity contribution in [2.24, 2.45) is 10.4 Å². The summed E-state index contributed by atoms with van der Waals surface area (Å²) in [6, 6.07) is 3.60. The number of pyridine rings is 1. The first-order chi connectivity index (χ1) is 15.4. The van der Waals surface area contributed by atoms with Crippen molar-refractivity contribution in [3.63, 3.8) is 0 Å². The van der Waals surface area contributed by atoms with E-state index in [1.807, 2.05) is 13.0 Å². The van der Waals surface area contributed by atoms with E-state index in [-0.39, 0.29) is 5.41 Å². The number of carbonyl (C=O) groups is 1. The van der Waals surface area contributed by atoms with Crippen molar-refractivity contribution in [1.82, 2.24) is 25.0 Å². The van der Waals surface area contributed by atoms with Crippen molar-refractivity contribution in [1.29, 1.82) is 0 Å². The Morgan fingerprint density at radius 3 is 2.88 bits per heavy atom. The second-order valence-corrected chi connectivity index (χ2v) is 8.67. The molecular formula is C23H29N7O2. The van der Waals surface area contributed by atoms with Crippen LogP contribution in [0.5, 0.6) is 0 Å². The molecule has 2 fully saturated rings. The molecule has 2 saturated heterocycles. The van der Waals surface area contributed by atoms with Crippen molar-refractivity contribution in [3.8, 4) is 11.8 Å². The lowest BCUT2D eigenvalue weighted by atomic mass is 9.77. The fraction of sp³-hybridized carbons (Fsp3) is 0.478. The lowest BCUT2D eigenvalue weighted by Crippen LogP contribution is -2.48. The SMILES string of the molecule is Cc1c(C#Cc2cccnc2N)n[nH]c1/N=C(\N(C)C=O)N1CCC2(CC1)CO[C@@H](C)C2. The van der Waals surface area contributed by atoms with Gasteiger partial charge in [0.2, 0.25) is 12.4 Å². The topological polar surface area (TPSA) is 113 Å². The van der Waals surface area contributed by atoms with Gasteiger partial charge >= 0.3 is 0 Å². The molecule has 2 aromatic heterocycles. The molecule has 9 heteroatoms. The minimum absolute atomic E-state index is 0.252. The summed E-state index contributed by atoms with van der Waals surface area (Å²) in [6.07, 6.45) is 5.87. The number of hydrogen-bond donors (Lipinski definition) is 2. The maximum atomic E-state index is 11.6. The zero-order valence-corrected chi connectivity index (χ0v) is 18.8. The van der Waals surface area contributed by atoms with Gasteiger partial charge in [-0.25, -0.2) is 4.98 Å². The Morgan fingerprint density at radius 1 is 1.44 bits per heavy atom. The molecule has 0 radical (unpaired) electrons. The fourth-order valence-corrected chi connectivity index (χ4v) is 4.37. The number of aromatic nitrogens is 3. The van der Waals surface area contributed by atoms with Gasteiger partial charge in [-0.1, -0.05) is 5.92 Å². The summed E-state index contributed by atoms with van der Waals surface area (Å²) in [5.74, 6) is 7.60. The van der Waals surface area contributed by atoms with Crippen LogP contribution < -0.4 is 5.73 Å². The molecule has 1 amide bonds. The van der Waals surface area contributed by atoms with Crippen molar-refractivity contribution < 1.29 is 9.53 Å². The molecule has 168 valence electrons. The van der Waals surface area contributed by atoms with Gasteiger partial charge in [-0.3, -0.25) is 14.8 Å². The molecule has 3 N–H and O–H groups in total. The number of nitrogens with two attached hydrogens (primary N) is 1. The number of carbonyl (C=O) groups excluding carboxylic acids is 1. The van der Waals surface area contributed by atoms with Crippen molar-refractivity contribution in [2.75, 3.05) is 32.5 Å². The van der Waals surface area contributed by atoms with Crippen LogP contribution in [0.4, 0.5) is 11.6 Å². The first-order valence-electron chi connectivity index (χ1n) is 10.8. The molecule has 1 spiro atoms. The number of aliphatic imine (C=N–C) groups is 1. The number of nitrogens with zero attached hydrogens (tertiary/aromatic N) is 5. The summed E-state index contributed by atoms with van der Waals surface area (Å²) >= 11 is 0. The van der Waals surface area contributed by atoms with Crippen LogP contribution in [0.1, 0.15) is 43.0 Å². The van der Waals surface area contributed by atoms with Crippen LogP contribution in [-0.4, -0.2) is 70.2 Å². The molecule has 9 nitrogen and oxygen atoms in total. The summed E-state index contributed by atoms with van der Waals surface area (Å²) in [5.41, 5.74) is 8.15. The number of H-pyrrole nitrogens is 1. The van der Waals surface area contributed by atoms with Gasteiger partial charge in [-0.15, -0.1) is 0 Å². The first kappa shape index (κ1) is 21.8. The molecule has 0 aromatic carbocycles. The van der Waals surface area contributed by atoms with E-state index in [0.29, 0.717) is 35.0 Å². The van der Waals surface area contributed by atoms with E-state index in [2.05, 4.69) is 38.8 Å². The third-order valence-electron chi connectivity index (χ3n) is 6.32. The first-order valence-corrected chi connectivity index (χ1v) is 10.8. The summed E-state index contributed by atoms with van der Waals surface area (Å²) in [7, 11) is 1.72. The Kier molecular flexibility index (Phi) is 6.15. The van der Waals surface area contributed by atoms with Crippen LogP contribution in [0.25, 0.3) is 0 Å². The number of guanidine groups is 1. The number of likely N-dealkylation sites (tertiary alicyclic amines) is 1. The van der Waals surface area contributed by atoms with E-state index in [1.165, 1.54) is 4.90 Å². The van der Waals surface area contributed by atoms with Crippen LogP contribution in [0, 0.1) is 24.2 Å². The molecule has 0 aliphatic carbocycles. The van der Waals surface area contributed by atoms with E-state index in [9.17, 15) is 4.79 Å². The predicted octanol–water partition coefficient (Wildman–Crippen LogP) is 2.06. The second-order valence-electron chi connectivity index (χ2n) is 8.67. The number of rotatable bonds is 2. The molecule has 4 rings (SSSR count). The van der Waals surface area contributed by atoms with E-state index < -0.39 is 0 Å². The van der Waals surface area contributed by atoms with Crippen LogP contribution in [0.2, 0.25) is 0 Å². The highest BCUT2D eigenvalue weighted by molar-refractivity contribution is 5.90. The highest BCUT2D eigenvalue weighted by atomic mass is 16.5. The van der Waals surface area contributed by atoms with Crippen LogP contribution in [0.3, 0.4) is 0 Å². The zero-order valence-electron chi connectivity index (χ0n) is 18.8.